The van der Waals surface area contributed by atoms with Crippen LogP contribution in [0.5, 0.6) is 0 Å². The fourth-order valence-electron chi connectivity index (χ4n) is 7.19. The maximum atomic E-state index is 14.4. The van der Waals surface area contributed by atoms with Gasteiger partial charge in [-0.05, 0) is 82.0 Å². The number of nitrogens with zero attached hydrogens (tertiary/aromatic N) is 5. The van der Waals surface area contributed by atoms with E-state index in [2.05, 4.69) is 56.1 Å². The van der Waals surface area contributed by atoms with Gasteiger partial charge in [0, 0.05) is 69.0 Å². The van der Waals surface area contributed by atoms with Crippen LogP contribution in [0.1, 0.15) is 63.6 Å². The zero-order valence-corrected chi connectivity index (χ0v) is 35.8. The third-order valence-electron chi connectivity index (χ3n) is 10.6. The molecule has 294 valence electrons. The van der Waals surface area contributed by atoms with Crippen LogP contribution < -0.4 is 4.90 Å². The second-order valence-electron chi connectivity index (χ2n) is 17.7. The minimum absolute atomic E-state index is 0.0640. The Labute approximate surface area is 322 Å². The molecule has 4 heterocycles. The van der Waals surface area contributed by atoms with E-state index in [1.54, 1.807) is 12.3 Å². The lowest BCUT2D eigenvalue weighted by atomic mass is 9.69. The molecular weight excluding hydrogens is 718 g/mol. The first kappa shape index (κ1) is 40.5. The third kappa shape index (κ3) is 9.77. The molecule has 1 saturated heterocycles. The van der Waals surface area contributed by atoms with Crippen LogP contribution in [0.3, 0.4) is 0 Å². The molecule has 1 aliphatic heterocycles. The van der Waals surface area contributed by atoms with Crippen LogP contribution >= 0.6 is 0 Å². The number of aromatic nitrogens is 4. The minimum Gasteiger partial charge on any atom is -0.501 e. The summed E-state index contributed by atoms with van der Waals surface area (Å²) in [4.78, 5) is 12.3. The van der Waals surface area contributed by atoms with Crippen LogP contribution in [0.15, 0.2) is 42.9 Å². The van der Waals surface area contributed by atoms with Gasteiger partial charge in [-0.15, -0.1) is 0 Å². The van der Waals surface area contributed by atoms with Crippen molar-refractivity contribution in [3.8, 4) is 11.1 Å². The van der Waals surface area contributed by atoms with Crippen molar-refractivity contribution in [1.29, 1.82) is 0 Å². The number of hydrogen-bond acceptors (Lipinski definition) is 9. The van der Waals surface area contributed by atoms with E-state index in [9.17, 15) is 4.39 Å². The molecular formula is C41H60FN5O5Si2. The Hall–Kier alpha value is -3.21. The molecule has 0 N–H and O–H groups in total. The Morgan fingerprint density at radius 3 is 2.26 bits per heavy atom. The zero-order chi connectivity index (χ0) is 38.7. The minimum atomic E-state index is -1.32. The van der Waals surface area contributed by atoms with Crippen LogP contribution in [0.2, 0.25) is 51.4 Å². The number of benzene rings is 1. The smallest absolute Gasteiger partial charge is 0.169 e. The van der Waals surface area contributed by atoms with Crippen LogP contribution in [0, 0.1) is 11.2 Å². The molecule has 54 heavy (non-hydrogen) atoms. The Kier molecular flexibility index (Phi) is 12.6. The van der Waals surface area contributed by atoms with Gasteiger partial charge in [-0.3, -0.25) is 4.98 Å². The Morgan fingerprint density at radius 2 is 1.65 bits per heavy atom. The monoisotopic (exact) mass is 777 g/mol. The average molecular weight is 778 g/mol. The van der Waals surface area contributed by atoms with Gasteiger partial charge < -0.3 is 28.6 Å². The van der Waals surface area contributed by atoms with Crippen LogP contribution in [0.4, 0.5) is 10.2 Å². The standard InChI is InChI=1S/C41H60FN5O5Si2/c1-10-48-18-15-34-37(30-13-16-41(3,17-14-30)40-51-29(2)52-40)45-38-35(32-23-31-24-33(42)11-12-36(31)43-25-32)26-44-47(38)39(34)46(27-49-19-21-53(4,5)6)28-50-20-22-54(7,8)9/h11-12,15,18,23-26,29-30,40H,10,13-14,16-17,19-22,27-28H2,1-9H3/b18-15-. The maximum absolute atomic E-state index is 14.4. The lowest BCUT2D eigenvalue weighted by molar-refractivity contribution is -0.411. The molecule has 1 aromatic carbocycles. The van der Waals surface area contributed by atoms with E-state index >= 15 is 0 Å². The molecule has 6 rings (SSSR count). The van der Waals surface area contributed by atoms with Crippen LogP contribution in [0.25, 0.3) is 33.8 Å². The molecule has 1 saturated carbocycles. The molecule has 0 amide bonds. The van der Waals surface area contributed by atoms with E-state index < -0.39 is 16.1 Å². The molecule has 2 aliphatic rings. The largest absolute Gasteiger partial charge is 0.501 e. The first-order chi connectivity index (χ1) is 25.6. The highest BCUT2D eigenvalue weighted by Crippen LogP contribution is 2.49. The molecule has 0 bridgehead atoms. The quantitative estimate of drug-likeness (QED) is 0.0450. The second kappa shape index (κ2) is 16.9. The van der Waals surface area contributed by atoms with Gasteiger partial charge >= 0.3 is 0 Å². The predicted molar refractivity (Wildman–Crippen MR) is 220 cm³/mol. The van der Waals surface area contributed by atoms with Crippen molar-refractivity contribution in [3.05, 3.63) is 60.0 Å². The van der Waals surface area contributed by atoms with E-state index in [1.165, 1.54) is 12.1 Å². The van der Waals surface area contributed by atoms with Crippen molar-refractivity contribution in [1.82, 2.24) is 19.6 Å². The van der Waals surface area contributed by atoms with Gasteiger partial charge in [0.2, 0.25) is 0 Å². The summed E-state index contributed by atoms with van der Waals surface area (Å²) < 4.78 is 47.1. The first-order valence-corrected chi connectivity index (χ1v) is 27.0. The molecule has 0 radical (unpaired) electrons. The molecule has 0 spiro atoms. The van der Waals surface area contributed by atoms with Crippen molar-refractivity contribution in [2.75, 3.05) is 38.2 Å². The lowest BCUT2D eigenvalue weighted by Gasteiger charge is -2.48. The number of fused-ring (bicyclic) bond motifs is 2. The molecule has 13 heteroatoms. The molecule has 2 fully saturated rings. The molecule has 3 aromatic heterocycles. The number of hydrogen-bond donors (Lipinski definition) is 0. The van der Waals surface area contributed by atoms with Gasteiger partial charge in [0.1, 0.15) is 25.1 Å². The number of ether oxygens (including phenoxy) is 5. The van der Waals surface area contributed by atoms with E-state index in [1.807, 2.05) is 42.9 Å². The Balaban J connectivity index is 1.48. The lowest BCUT2D eigenvalue weighted by Crippen LogP contribution is -2.50. The molecule has 4 aromatic rings. The topological polar surface area (TPSA) is 92.5 Å². The number of pyridine rings is 1. The number of halogens is 1. The second-order valence-corrected chi connectivity index (χ2v) is 28.9. The van der Waals surface area contributed by atoms with E-state index in [0.717, 1.165) is 76.9 Å². The van der Waals surface area contributed by atoms with Crippen molar-refractivity contribution >= 4 is 44.6 Å². The molecule has 1 aliphatic carbocycles. The fourth-order valence-corrected chi connectivity index (χ4v) is 8.70. The van der Waals surface area contributed by atoms with Crippen molar-refractivity contribution in [2.24, 2.45) is 5.41 Å². The predicted octanol–water partition coefficient (Wildman–Crippen LogP) is 9.90. The van der Waals surface area contributed by atoms with Crippen molar-refractivity contribution in [3.63, 3.8) is 0 Å². The molecule has 0 atom stereocenters. The van der Waals surface area contributed by atoms with Gasteiger partial charge in [0.05, 0.1) is 30.3 Å². The zero-order valence-electron chi connectivity index (χ0n) is 33.8. The van der Waals surface area contributed by atoms with Crippen LogP contribution in [-0.2, 0) is 23.7 Å². The highest BCUT2D eigenvalue weighted by atomic mass is 28.3. The maximum Gasteiger partial charge on any atom is 0.169 e. The fraction of sp³-hybridized carbons (Fsp3) is 0.585. The molecule has 10 nitrogen and oxygen atoms in total. The Morgan fingerprint density at radius 1 is 0.981 bits per heavy atom. The van der Waals surface area contributed by atoms with E-state index in [0.29, 0.717) is 38.9 Å². The van der Waals surface area contributed by atoms with E-state index in [-0.39, 0.29) is 29.7 Å². The third-order valence-corrected chi connectivity index (χ3v) is 14.0. The summed E-state index contributed by atoms with van der Waals surface area (Å²) in [6.07, 6.45) is 10.9. The summed E-state index contributed by atoms with van der Waals surface area (Å²) in [6.45, 7) is 22.9. The first-order valence-electron chi connectivity index (χ1n) is 19.6. The average Bonchev–Trinajstić information content (AvgIpc) is 3.52. The summed E-state index contributed by atoms with van der Waals surface area (Å²) in [5, 5.41) is 5.72. The Bertz CT molecular complexity index is 1890. The van der Waals surface area contributed by atoms with Gasteiger partial charge in [-0.1, -0.05) is 46.2 Å². The van der Waals surface area contributed by atoms with Crippen LogP contribution in [-0.4, -0.2) is 81.6 Å². The van der Waals surface area contributed by atoms with Crippen molar-refractivity contribution in [2.45, 2.75) is 116 Å². The summed E-state index contributed by atoms with van der Waals surface area (Å²) in [5.41, 5.74) is 4.92. The van der Waals surface area contributed by atoms with Gasteiger partial charge in [0.25, 0.3) is 0 Å². The van der Waals surface area contributed by atoms with Crippen molar-refractivity contribution < 1.29 is 28.1 Å². The summed E-state index contributed by atoms with van der Waals surface area (Å²) >= 11 is 0. The van der Waals surface area contributed by atoms with E-state index in [4.69, 9.17) is 33.8 Å². The number of anilines is 1. The highest BCUT2D eigenvalue weighted by molar-refractivity contribution is 6.76. The summed E-state index contributed by atoms with van der Waals surface area (Å²) in [5.74, 6) is 0.700. The molecule has 0 unspecified atom stereocenters. The van der Waals surface area contributed by atoms with Gasteiger partial charge in [-0.25, -0.2) is 9.37 Å². The SMILES string of the molecule is CCO/C=C\c1c(C2CCC(C)(C3OC(C)O3)CC2)nc2c(-c3cnc4ccc(F)cc4c3)cnn2c1N(COCC[Si](C)(C)C)COCC[Si](C)(C)C. The van der Waals surface area contributed by atoms with Gasteiger partial charge in [0.15, 0.2) is 18.2 Å². The summed E-state index contributed by atoms with van der Waals surface area (Å²) in [6, 6.07) is 8.74. The normalized spacial score (nSPS) is 22.3. The highest BCUT2D eigenvalue weighted by Gasteiger charge is 2.46. The van der Waals surface area contributed by atoms with Gasteiger partial charge in [-0.2, -0.15) is 9.61 Å². The summed E-state index contributed by atoms with van der Waals surface area (Å²) in [7, 11) is -2.64. The number of rotatable bonds is 17.